The molecule has 2 aromatic rings. The molecule has 3 rings (SSSR count). The number of nitrogens with zero attached hydrogens (tertiary/aromatic N) is 1. The van der Waals surface area contributed by atoms with Gasteiger partial charge in [0.25, 0.3) is 0 Å². The molecule has 30 heavy (non-hydrogen) atoms. The summed E-state index contributed by atoms with van der Waals surface area (Å²) in [6.07, 6.45) is 0.138. The zero-order chi connectivity index (χ0) is 21.7. The standard InChI is InChI=1S/C21H17ClFN3O3S/c1-29-14-5-2-12(3-6-14)15-9-19(27)26-21(16(15)10-24)30-11-20(28)25-13-4-7-18(23)17(22)8-13/h2-8,15H,9,11H2,1H3,(H,25,28)(H,26,27)/t15-/m0/s1. The van der Waals surface area contributed by atoms with Crippen molar-refractivity contribution in [2.45, 2.75) is 12.3 Å². The lowest BCUT2D eigenvalue weighted by Gasteiger charge is -2.25. The van der Waals surface area contributed by atoms with Crippen LogP contribution in [0, 0.1) is 17.1 Å². The fraction of sp³-hybridized carbons (Fsp3) is 0.190. The van der Waals surface area contributed by atoms with E-state index in [0.29, 0.717) is 22.0 Å². The number of hydrogen-bond acceptors (Lipinski definition) is 5. The van der Waals surface area contributed by atoms with Crippen molar-refractivity contribution in [2.75, 3.05) is 18.2 Å². The molecular weight excluding hydrogens is 429 g/mol. The van der Waals surface area contributed by atoms with Crippen molar-refractivity contribution in [2.24, 2.45) is 0 Å². The van der Waals surface area contributed by atoms with Crippen LogP contribution in [0.4, 0.5) is 10.1 Å². The van der Waals surface area contributed by atoms with Crippen LogP contribution in [0.15, 0.2) is 53.1 Å². The Morgan fingerprint density at radius 2 is 2.10 bits per heavy atom. The van der Waals surface area contributed by atoms with E-state index in [9.17, 15) is 19.2 Å². The molecule has 0 saturated heterocycles. The number of nitriles is 1. The van der Waals surface area contributed by atoms with Crippen LogP contribution < -0.4 is 15.4 Å². The van der Waals surface area contributed by atoms with Gasteiger partial charge in [0.2, 0.25) is 11.8 Å². The fourth-order valence-electron chi connectivity index (χ4n) is 2.96. The van der Waals surface area contributed by atoms with Gasteiger partial charge in [0.1, 0.15) is 11.6 Å². The Morgan fingerprint density at radius 3 is 2.73 bits per heavy atom. The lowest BCUT2D eigenvalue weighted by molar-refractivity contribution is -0.121. The summed E-state index contributed by atoms with van der Waals surface area (Å²) < 4.78 is 18.4. The molecule has 0 unspecified atom stereocenters. The van der Waals surface area contributed by atoms with Gasteiger partial charge in [0.15, 0.2) is 0 Å². The van der Waals surface area contributed by atoms with E-state index in [1.807, 2.05) is 12.1 Å². The van der Waals surface area contributed by atoms with Gasteiger partial charge in [-0.3, -0.25) is 9.59 Å². The van der Waals surface area contributed by atoms with E-state index in [1.54, 1.807) is 19.2 Å². The first-order chi connectivity index (χ1) is 14.4. The fourth-order valence-corrected chi connectivity index (χ4v) is 4.02. The summed E-state index contributed by atoms with van der Waals surface area (Å²) in [4.78, 5) is 24.5. The first kappa shape index (κ1) is 21.7. The quantitative estimate of drug-likeness (QED) is 0.695. The maximum absolute atomic E-state index is 13.2. The average Bonchev–Trinajstić information content (AvgIpc) is 2.74. The van der Waals surface area contributed by atoms with Crippen LogP contribution in [-0.2, 0) is 9.59 Å². The highest BCUT2D eigenvalue weighted by Crippen LogP contribution is 2.36. The number of amides is 2. The molecule has 1 heterocycles. The maximum atomic E-state index is 13.2. The number of thioether (sulfide) groups is 1. The molecule has 0 bridgehead atoms. The third kappa shape index (κ3) is 5.12. The topological polar surface area (TPSA) is 91.2 Å². The number of allylic oxidation sites excluding steroid dienone is 1. The number of hydrogen-bond donors (Lipinski definition) is 2. The van der Waals surface area contributed by atoms with E-state index in [4.69, 9.17) is 16.3 Å². The number of ether oxygens (including phenoxy) is 1. The van der Waals surface area contributed by atoms with Gasteiger partial charge >= 0.3 is 0 Å². The van der Waals surface area contributed by atoms with Crippen LogP contribution in [0.3, 0.4) is 0 Å². The van der Waals surface area contributed by atoms with Crippen molar-refractivity contribution in [1.29, 1.82) is 5.26 Å². The lowest BCUT2D eigenvalue weighted by atomic mass is 9.87. The molecule has 2 N–H and O–H groups in total. The van der Waals surface area contributed by atoms with E-state index in [1.165, 1.54) is 12.1 Å². The van der Waals surface area contributed by atoms with Gasteiger partial charge in [-0.1, -0.05) is 35.5 Å². The first-order valence-electron chi connectivity index (χ1n) is 8.87. The highest BCUT2D eigenvalue weighted by atomic mass is 35.5. The molecule has 0 fully saturated rings. The van der Waals surface area contributed by atoms with Gasteiger partial charge in [-0.15, -0.1) is 0 Å². The highest BCUT2D eigenvalue weighted by Gasteiger charge is 2.29. The number of methoxy groups -OCH3 is 1. The van der Waals surface area contributed by atoms with E-state index in [-0.39, 0.29) is 29.0 Å². The van der Waals surface area contributed by atoms with Crippen molar-refractivity contribution >= 4 is 40.9 Å². The molecule has 0 aliphatic carbocycles. The molecule has 1 aliphatic heterocycles. The third-order valence-electron chi connectivity index (χ3n) is 4.43. The van der Waals surface area contributed by atoms with Gasteiger partial charge in [0, 0.05) is 18.0 Å². The number of anilines is 1. The number of rotatable bonds is 6. The van der Waals surface area contributed by atoms with E-state index >= 15 is 0 Å². The molecular formula is C21H17ClFN3O3S. The molecule has 0 radical (unpaired) electrons. The minimum absolute atomic E-state index is 0.0505. The summed E-state index contributed by atoms with van der Waals surface area (Å²) in [6, 6.07) is 13.2. The van der Waals surface area contributed by atoms with Crippen LogP contribution in [0.2, 0.25) is 5.02 Å². The zero-order valence-corrected chi connectivity index (χ0v) is 17.4. The molecule has 1 atom stereocenters. The van der Waals surface area contributed by atoms with Crippen molar-refractivity contribution in [3.05, 3.63) is 69.5 Å². The third-order valence-corrected chi connectivity index (χ3v) is 5.73. The SMILES string of the molecule is COc1ccc([C@@H]2CC(=O)NC(SCC(=O)Nc3ccc(F)c(Cl)c3)=C2C#N)cc1. The lowest BCUT2D eigenvalue weighted by Crippen LogP contribution is -2.31. The van der Waals surface area contributed by atoms with E-state index in [0.717, 1.165) is 23.4 Å². The number of halogens is 2. The maximum Gasteiger partial charge on any atom is 0.234 e. The Kier molecular flexibility index (Phi) is 6.98. The monoisotopic (exact) mass is 445 g/mol. The zero-order valence-electron chi connectivity index (χ0n) is 15.9. The predicted molar refractivity (Wildman–Crippen MR) is 114 cm³/mol. The predicted octanol–water partition coefficient (Wildman–Crippen LogP) is 4.20. The summed E-state index contributed by atoms with van der Waals surface area (Å²) in [6.45, 7) is 0. The Labute approximate surface area is 182 Å². The molecule has 6 nitrogen and oxygen atoms in total. The summed E-state index contributed by atoms with van der Waals surface area (Å²) in [5.74, 6) is -0.978. The Hall–Kier alpha value is -3.02. The Balaban J connectivity index is 1.74. The van der Waals surface area contributed by atoms with Crippen LogP contribution in [0.1, 0.15) is 17.9 Å². The number of nitrogens with one attached hydrogen (secondary N) is 2. The molecule has 9 heteroatoms. The Bertz CT molecular complexity index is 1050. The van der Waals surface area contributed by atoms with Crippen LogP contribution in [0.5, 0.6) is 5.75 Å². The largest absolute Gasteiger partial charge is 0.497 e. The number of carbonyl (C=O) groups is 2. The second kappa shape index (κ2) is 9.65. The van der Waals surface area contributed by atoms with Crippen molar-refractivity contribution in [3.8, 4) is 11.8 Å². The second-order valence-corrected chi connectivity index (χ2v) is 7.79. The van der Waals surface area contributed by atoms with Crippen LogP contribution in [-0.4, -0.2) is 24.7 Å². The molecule has 0 saturated carbocycles. The summed E-state index contributed by atoms with van der Waals surface area (Å²) >= 11 is 6.77. The van der Waals surface area contributed by atoms with Crippen molar-refractivity contribution in [1.82, 2.24) is 5.32 Å². The van der Waals surface area contributed by atoms with Crippen LogP contribution >= 0.6 is 23.4 Å². The van der Waals surface area contributed by atoms with Crippen molar-refractivity contribution < 1.29 is 18.7 Å². The summed E-state index contributed by atoms with van der Waals surface area (Å²) in [5, 5.41) is 15.2. The van der Waals surface area contributed by atoms with Crippen molar-refractivity contribution in [3.63, 3.8) is 0 Å². The second-order valence-electron chi connectivity index (χ2n) is 6.40. The van der Waals surface area contributed by atoms with Crippen LogP contribution in [0.25, 0.3) is 0 Å². The minimum atomic E-state index is -0.581. The first-order valence-corrected chi connectivity index (χ1v) is 10.2. The average molecular weight is 446 g/mol. The smallest absolute Gasteiger partial charge is 0.234 e. The molecule has 154 valence electrons. The molecule has 2 amide bonds. The molecule has 2 aromatic carbocycles. The Morgan fingerprint density at radius 1 is 1.37 bits per heavy atom. The van der Waals surface area contributed by atoms with Gasteiger partial charge in [0.05, 0.1) is 34.6 Å². The summed E-state index contributed by atoms with van der Waals surface area (Å²) in [5.41, 5.74) is 1.55. The number of carbonyl (C=O) groups excluding carboxylic acids is 2. The normalized spacial score (nSPS) is 15.9. The van der Waals surface area contributed by atoms with E-state index in [2.05, 4.69) is 16.7 Å². The van der Waals surface area contributed by atoms with Gasteiger partial charge in [-0.25, -0.2) is 4.39 Å². The number of benzene rings is 2. The van der Waals surface area contributed by atoms with E-state index < -0.39 is 11.7 Å². The molecule has 1 aliphatic rings. The summed E-state index contributed by atoms with van der Waals surface area (Å²) in [7, 11) is 1.56. The van der Waals surface area contributed by atoms with Gasteiger partial charge in [-0.05, 0) is 35.9 Å². The molecule has 0 spiro atoms. The van der Waals surface area contributed by atoms with Gasteiger partial charge in [-0.2, -0.15) is 5.26 Å². The van der Waals surface area contributed by atoms with Gasteiger partial charge < -0.3 is 15.4 Å². The highest BCUT2D eigenvalue weighted by molar-refractivity contribution is 8.03. The molecule has 0 aromatic heterocycles. The minimum Gasteiger partial charge on any atom is -0.497 e.